The third-order valence-corrected chi connectivity index (χ3v) is 5.95. The van der Waals surface area contributed by atoms with E-state index in [-0.39, 0.29) is 17.3 Å². The van der Waals surface area contributed by atoms with Gasteiger partial charge in [0.1, 0.15) is 48.8 Å². The molecular formula is C22H33N3O12. The Morgan fingerprint density at radius 1 is 0.811 bits per heavy atom. The summed E-state index contributed by atoms with van der Waals surface area (Å²) in [5.41, 5.74) is 0.840. The first-order chi connectivity index (χ1) is 17.5. The molecule has 0 unspecified atom stereocenters. The highest BCUT2D eigenvalue weighted by molar-refractivity contribution is 5.95. The molecule has 15 heteroatoms. The Morgan fingerprint density at radius 2 is 1.46 bits per heavy atom. The predicted molar refractivity (Wildman–Crippen MR) is 125 cm³/mol. The van der Waals surface area contributed by atoms with E-state index in [1.807, 2.05) is 0 Å². The lowest BCUT2D eigenvalue weighted by Crippen LogP contribution is -2.65. The third-order valence-electron chi connectivity index (χ3n) is 5.95. The quantitative estimate of drug-likeness (QED) is 0.158. The zero-order chi connectivity index (χ0) is 27.4. The van der Waals surface area contributed by atoms with Crippen LogP contribution in [-0.2, 0) is 23.8 Å². The number of aliphatic hydroxyl groups excluding tert-OH is 7. The number of aliphatic hydroxyl groups is 7. The fraction of sp³-hybridized carbons (Fsp3) is 0.636. The predicted octanol–water partition coefficient (Wildman–Crippen LogP) is -3.36. The number of rotatable bonds is 8. The molecule has 0 radical (unpaired) electrons. The Bertz CT molecular complexity index is 947. The van der Waals surface area contributed by atoms with Crippen molar-refractivity contribution in [3.63, 3.8) is 0 Å². The molecule has 208 valence electrons. The molecule has 0 spiro atoms. The molecule has 2 heterocycles. The summed E-state index contributed by atoms with van der Waals surface area (Å²) in [5, 5.41) is 78.9. The lowest BCUT2D eigenvalue weighted by molar-refractivity contribution is -0.340. The van der Waals surface area contributed by atoms with Crippen molar-refractivity contribution in [2.45, 2.75) is 75.2 Å². The van der Waals surface area contributed by atoms with Crippen LogP contribution in [0.4, 0.5) is 17.1 Å². The summed E-state index contributed by atoms with van der Waals surface area (Å²) in [4.78, 5) is 23.1. The van der Waals surface area contributed by atoms with Gasteiger partial charge in [0.15, 0.2) is 12.5 Å². The summed E-state index contributed by atoms with van der Waals surface area (Å²) in [6.07, 6.45) is -15.6. The molecule has 0 aliphatic carbocycles. The zero-order valence-corrected chi connectivity index (χ0v) is 20.1. The van der Waals surface area contributed by atoms with Crippen molar-refractivity contribution < 1.29 is 59.5 Å². The van der Waals surface area contributed by atoms with Gasteiger partial charge in [0, 0.05) is 19.5 Å². The van der Waals surface area contributed by atoms with Crippen molar-refractivity contribution in [2.24, 2.45) is 0 Å². The third kappa shape index (κ3) is 6.71. The summed E-state index contributed by atoms with van der Waals surface area (Å²) in [6, 6.07) is 4.49. The van der Waals surface area contributed by atoms with E-state index in [1.165, 1.54) is 32.0 Å². The van der Waals surface area contributed by atoms with Crippen LogP contribution < -0.4 is 16.0 Å². The molecule has 10 N–H and O–H groups in total. The van der Waals surface area contributed by atoms with Crippen LogP contribution in [0.15, 0.2) is 18.2 Å². The van der Waals surface area contributed by atoms with Gasteiger partial charge in [0.05, 0.1) is 24.6 Å². The molecule has 0 bridgehead atoms. The van der Waals surface area contributed by atoms with Crippen LogP contribution >= 0.6 is 0 Å². The van der Waals surface area contributed by atoms with E-state index in [0.717, 1.165) is 0 Å². The number of anilines is 3. The minimum Gasteiger partial charge on any atom is -0.394 e. The van der Waals surface area contributed by atoms with E-state index >= 15 is 0 Å². The van der Waals surface area contributed by atoms with E-state index in [1.54, 1.807) is 0 Å². The van der Waals surface area contributed by atoms with Crippen LogP contribution in [0.5, 0.6) is 0 Å². The number of carbonyl (C=O) groups excluding carboxylic acids is 2. The Hall–Kier alpha value is -2.44. The topological polar surface area (TPSA) is 240 Å². The average molecular weight is 532 g/mol. The molecule has 3 rings (SSSR count). The number of benzene rings is 1. The van der Waals surface area contributed by atoms with Crippen molar-refractivity contribution in [3.8, 4) is 0 Å². The minimum absolute atomic E-state index is 0.211. The first kappa shape index (κ1) is 29.1. The van der Waals surface area contributed by atoms with Crippen LogP contribution in [0.2, 0.25) is 0 Å². The molecule has 2 aliphatic rings. The number of nitrogens with one attached hydrogen (secondary N) is 3. The normalized spacial score (nSPS) is 36.0. The highest BCUT2D eigenvalue weighted by atomic mass is 16.7. The first-order valence-electron chi connectivity index (χ1n) is 11.5. The maximum atomic E-state index is 11.6. The van der Waals surface area contributed by atoms with E-state index in [4.69, 9.17) is 14.2 Å². The summed E-state index contributed by atoms with van der Waals surface area (Å²) in [6.45, 7) is 1.17. The zero-order valence-electron chi connectivity index (χ0n) is 20.1. The molecule has 2 amide bonds. The Morgan fingerprint density at radius 3 is 2.05 bits per heavy atom. The van der Waals surface area contributed by atoms with Gasteiger partial charge in [-0.3, -0.25) is 9.59 Å². The van der Waals surface area contributed by atoms with Gasteiger partial charge in [-0.15, -0.1) is 0 Å². The molecule has 37 heavy (non-hydrogen) atoms. The van der Waals surface area contributed by atoms with E-state index in [9.17, 15) is 45.3 Å². The number of hydrogen-bond acceptors (Lipinski definition) is 13. The largest absolute Gasteiger partial charge is 0.394 e. The van der Waals surface area contributed by atoms with Gasteiger partial charge in [-0.2, -0.15) is 0 Å². The van der Waals surface area contributed by atoms with Gasteiger partial charge in [0.25, 0.3) is 0 Å². The number of carbonyl (C=O) groups is 2. The monoisotopic (exact) mass is 531 g/mol. The van der Waals surface area contributed by atoms with Crippen LogP contribution in [0.3, 0.4) is 0 Å². The lowest BCUT2D eigenvalue weighted by Gasteiger charge is -2.46. The molecule has 0 saturated carbocycles. The Labute approximate surface area is 211 Å². The lowest BCUT2D eigenvalue weighted by atomic mass is 9.96. The molecular weight excluding hydrogens is 498 g/mol. The van der Waals surface area contributed by atoms with Crippen molar-refractivity contribution in [2.75, 3.05) is 29.2 Å². The maximum absolute atomic E-state index is 11.6. The number of ether oxygens (including phenoxy) is 3. The molecule has 2 fully saturated rings. The maximum Gasteiger partial charge on any atom is 0.221 e. The molecule has 15 nitrogen and oxygen atoms in total. The van der Waals surface area contributed by atoms with Crippen molar-refractivity contribution in [3.05, 3.63) is 18.2 Å². The number of hydrogen-bond donors (Lipinski definition) is 10. The molecule has 2 aliphatic heterocycles. The van der Waals surface area contributed by atoms with Gasteiger partial charge in [-0.1, -0.05) is 0 Å². The summed E-state index contributed by atoms with van der Waals surface area (Å²) >= 11 is 0. The average Bonchev–Trinajstić information content (AvgIpc) is 2.84. The van der Waals surface area contributed by atoms with Gasteiger partial charge >= 0.3 is 0 Å². The molecule has 2 saturated heterocycles. The van der Waals surface area contributed by atoms with Crippen molar-refractivity contribution in [1.29, 1.82) is 0 Å². The van der Waals surface area contributed by atoms with Crippen LogP contribution in [0.1, 0.15) is 13.8 Å². The smallest absolute Gasteiger partial charge is 0.221 e. The highest BCUT2D eigenvalue weighted by Gasteiger charge is 2.50. The second-order valence-corrected chi connectivity index (χ2v) is 8.82. The number of amides is 2. The first-order valence-corrected chi connectivity index (χ1v) is 11.5. The Balaban J connectivity index is 1.80. The van der Waals surface area contributed by atoms with E-state index < -0.39 is 80.5 Å². The standard InChI is InChI=1S/C22H33N3O12/c1-8(28)23-10-3-4-11(24-9(2)29)12(5-10)25-21-18(33)17(32)20(14(7-27)35-21)37-22-19(34)16(31)15(30)13(6-26)36-22/h3-5,13-22,25-27,30-34H,6-7H2,1-2H3,(H,23,28)(H,24,29)/t13-,14-,15+,16+,17-,18+,19+,20+,21-,22+/m0/s1. The fourth-order valence-corrected chi connectivity index (χ4v) is 4.11. The SMILES string of the molecule is CC(=O)Nc1ccc(NC(C)=O)c(N[C@H]2O[C@@H](CO)[C@@H](O[C@H]3O[C@@H](CO)[C@@H](O)[C@@H](O)[C@H]3O)[C@@H](O)[C@H]2O)c1. The molecule has 10 atom stereocenters. The summed E-state index contributed by atoms with van der Waals surface area (Å²) in [7, 11) is 0. The van der Waals surface area contributed by atoms with Crippen molar-refractivity contribution in [1.82, 2.24) is 0 Å². The van der Waals surface area contributed by atoms with Crippen LogP contribution in [-0.4, -0.2) is 122 Å². The van der Waals surface area contributed by atoms with E-state index in [0.29, 0.717) is 5.69 Å². The second kappa shape index (κ2) is 12.4. The van der Waals surface area contributed by atoms with Crippen LogP contribution in [0, 0.1) is 0 Å². The van der Waals surface area contributed by atoms with Gasteiger partial charge in [-0.25, -0.2) is 0 Å². The summed E-state index contributed by atoms with van der Waals surface area (Å²) < 4.78 is 16.5. The van der Waals surface area contributed by atoms with E-state index in [2.05, 4.69) is 16.0 Å². The van der Waals surface area contributed by atoms with Crippen molar-refractivity contribution >= 4 is 28.9 Å². The molecule has 1 aromatic rings. The van der Waals surface area contributed by atoms with Gasteiger partial charge in [0.2, 0.25) is 11.8 Å². The van der Waals surface area contributed by atoms with Crippen LogP contribution in [0.25, 0.3) is 0 Å². The van der Waals surface area contributed by atoms with Gasteiger partial charge in [-0.05, 0) is 18.2 Å². The molecule has 1 aromatic carbocycles. The Kier molecular flexibility index (Phi) is 9.76. The second-order valence-electron chi connectivity index (χ2n) is 8.82. The molecule has 0 aromatic heterocycles. The minimum atomic E-state index is -1.78. The summed E-state index contributed by atoms with van der Waals surface area (Å²) in [5.74, 6) is -0.752. The fourth-order valence-electron chi connectivity index (χ4n) is 4.11. The highest BCUT2D eigenvalue weighted by Crippen LogP contribution is 2.32. The van der Waals surface area contributed by atoms with Gasteiger partial charge < -0.3 is 65.9 Å².